The summed E-state index contributed by atoms with van der Waals surface area (Å²) in [5, 5.41) is 2.71. The summed E-state index contributed by atoms with van der Waals surface area (Å²) in [4.78, 5) is 25.6. The first-order chi connectivity index (χ1) is 15.7. The molecule has 2 aromatic carbocycles. The lowest BCUT2D eigenvalue weighted by molar-refractivity contribution is -0.148. The number of ether oxygens (including phenoxy) is 3. The lowest BCUT2D eigenvalue weighted by Gasteiger charge is -2.19. The topological polar surface area (TPSA) is 73.9 Å². The van der Waals surface area contributed by atoms with Gasteiger partial charge in [-0.1, -0.05) is 54.6 Å². The molecule has 0 aliphatic heterocycles. The number of allylic oxidation sites excluding steroid dienone is 1. The monoisotopic (exact) mass is 437 g/mol. The lowest BCUT2D eigenvalue weighted by atomic mass is 10.1. The van der Waals surface area contributed by atoms with Crippen molar-refractivity contribution in [3.63, 3.8) is 0 Å². The van der Waals surface area contributed by atoms with Crippen LogP contribution < -0.4 is 10.1 Å². The Labute approximate surface area is 189 Å². The number of hydrogen-bond acceptors (Lipinski definition) is 5. The van der Waals surface area contributed by atoms with Crippen LogP contribution in [0.2, 0.25) is 0 Å². The van der Waals surface area contributed by atoms with Crippen molar-refractivity contribution in [1.82, 2.24) is 5.32 Å². The standard InChI is InChI=1S/C26H31NO5/c1-3-5-6-12-18-31-24-16-11-10-15-22(24)25(28)27-23(20-30-17-4-2)26(29)32-19-21-13-8-7-9-14-21/h3-4,7-11,13-16,23H,1-2,5-6,12,17-20H2,(H,27,28)/t23-/m0/s1. The fourth-order valence-electron chi connectivity index (χ4n) is 2.86. The molecule has 0 bridgehead atoms. The fourth-order valence-corrected chi connectivity index (χ4v) is 2.86. The van der Waals surface area contributed by atoms with Crippen LogP contribution in [0.5, 0.6) is 5.75 Å². The van der Waals surface area contributed by atoms with Gasteiger partial charge in [-0.2, -0.15) is 0 Å². The Balaban J connectivity index is 2.01. The smallest absolute Gasteiger partial charge is 0.331 e. The van der Waals surface area contributed by atoms with Gasteiger partial charge in [0.05, 0.1) is 25.4 Å². The maximum atomic E-state index is 12.9. The number of rotatable bonds is 15. The van der Waals surface area contributed by atoms with E-state index in [1.165, 1.54) is 0 Å². The van der Waals surface area contributed by atoms with Gasteiger partial charge >= 0.3 is 5.97 Å². The van der Waals surface area contributed by atoms with E-state index < -0.39 is 17.9 Å². The van der Waals surface area contributed by atoms with E-state index in [1.54, 1.807) is 30.3 Å². The van der Waals surface area contributed by atoms with Gasteiger partial charge in [0, 0.05) is 0 Å². The van der Waals surface area contributed by atoms with E-state index >= 15 is 0 Å². The van der Waals surface area contributed by atoms with E-state index in [2.05, 4.69) is 18.5 Å². The van der Waals surface area contributed by atoms with Crippen molar-refractivity contribution >= 4 is 11.9 Å². The predicted molar refractivity (Wildman–Crippen MR) is 124 cm³/mol. The highest BCUT2D eigenvalue weighted by atomic mass is 16.5. The van der Waals surface area contributed by atoms with Gasteiger partial charge < -0.3 is 19.5 Å². The third kappa shape index (κ3) is 8.78. The Morgan fingerprint density at radius 1 is 0.969 bits per heavy atom. The molecular formula is C26H31NO5. The van der Waals surface area contributed by atoms with Crippen LogP contribution in [0.15, 0.2) is 79.9 Å². The number of carbonyl (C=O) groups is 2. The van der Waals surface area contributed by atoms with Crippen LogP contribution in [0, 0.1) is 0 Å². The minimum absolute atomic E-state index is 0.0318. The molecule has 0 fully saturated rings. The van der Waals surface area contributed by atoms with Crippen LogP contribution in [0.1, 0.15) is 35.2 Å². The Kier molecular flexibility index (Phi) is 11.4. The second kappa shape index (κ2) is 14.6. The highest BCUT2D eigenvalue weighted by Gasteiger charge is 2.24. The summed E-state index contributed by atoms with van der Waals surface area (Å²) in [6, 6.07) is 15.3. The third-order valence-electron chi connectivity index (χ3n) is 4.53. The first-order valence-electron chi connectivity index (χ1n) is 10.7. The largest absolute Gasteiger partial charge is 0.493 e. The van der Waals surface area contributed by atoms with Crippen molar-refractivity contribution in [2.45, 2.75) is 31.9 Å². The van der Waals surface area contributed by atoms with E-state index in [0.29, 0.717) is 17.9 Å². The number of para-hydroxylation sites is 1. The summed E-state index contributed by atoms with van der Waals surface area (Å²) in [6.45, 7) is 8.12. The number of nitrogens with one attached hydrogen (secondary N) is 1. The van der Waals surface area contributed by atoms with E-state index in [0.717, 1.165) is 24.8 Å². The minimum atomic E-state index is -0.966. The van der Waals surface area contributed by atoms with Crippen molar-refractivity contribution < 1.29 is 23.8 Å². The zero-order valence-electron chi connectivity index (χ0n) is 18.3. The van der Waals surface area contributed by atoms with Crippen molar-refractivity contribution in [1.29, 1.82) is 0 Å². The summed E-state index contributed by atoms with van der Waals surface area (Å²) in [6.07, 6.45) is 6.18. The van der Waals surface area contributed by atoms with Gasteiger partial charge in [0.15, 0.2) is 6.04 Å². The summed E-state index contributed by atoms with van der Waals surface area (Å²) in [7, 11) is 0. The molecule has 170 valence electrons. The van der Waals surface area contributed by atoms with Crippen molar-refractivity contribution in [2.24, 2.45) is 0 Å². The molecule has 2 rings (SSSR count). The van der Waals surface area contributed by atoms with E-state index in [9.17, 15) is 9.59 Å². The average molecular weight is 438 g/mol. The molecule has 1 atom stereocenters. The molecule has 6 nitrogen and oxygen atoms in total. The Morgan fingerprint density at radius 3 is 2.47 bits per heavy atom. The third-order valence-corrected chi connectivity index (χ3v) is 4.53. The molecular weight excluding hydrogens is 406 g/mol. The summed E-state index contributed by atoms with van der Waals surface area (Å²) < 4.78 is 16.6. The molecule has 0 spiro atoms. The predicted octanol–water partition coefficient (Wildman–Crippen LogP) is 4.47. The molecule has 0 aliphatic carbocycles. The van der Waals surface area contributed by atoms with E-state index in [-0.39, 0.29) is 19.8 Å². The molecule has 0 saturated carbocycles. The Morgan fingerprint density at radius 2 is 1.72 bits per heavy atom. The highest BCUT2D eigenvalue weighted by Crippen LogP contribution is 2.19. The van der Waals surface area contributed by atoms with Crippen LogP contribution in [-0.2, 0) is 20.9 Å². The number of unbranched alkanes of at least 4 members (excludes halogenated alkanes) is 2. The number of hydrogen-bond donors (Lipinski definition) is 1. The average Bonchev–Trinajstić information content (AvgIpc) is 2.82. The zero-order valence-corrected chi connectivity index (χ0v) is 18.3. The molecule has 0 aliphatic rings. The maximum absolute atomic E-state index is 12.9. The SMILES string of the molecule is C=CCCCCOc1ccccc1C(=O)N[C@@H](COCC=C)C(=O)OCc1ccccc1. The molecule has 32 heavy (non-hydrogen) atoms. The molecule has 6 heteroatoms. The second-order valence-corrected chi connectivity index (χ2v) is 7.07. The normalized spacial score (nSPS) is 11.2. The highest BCUT2D eigenvalue weighted by molar-refractivity contribution is 5.99. The van der Waals surface area contributed by atoms with Crippen molar-refractivity contribution in [3.05, 3.63) is 91.0 Å². The molecule has 0 heterocycles. The molecule has 0 radical (unpaired) electrons. The summed E-state index contributed by atoms with van der Waals surface area (Å²) >= 11 is 0. The molecule has 0 unspecified atom stereocenters. The van der Waals surface area contributed by atoms with Crippen LogP contribution in [0.3, 0.4) is 0 Å². The molecule has 0 saturated heterocycles. The number of carbonyl (C=O) groups excluding carboxylic acids is 2. The van der Waals surface area contributed by atoms with Gasteiger partial charge in [-0.05, 0) is 37.0 Å². The first kappa shape index (κ1) is 24.9. The van der Waals surface area contributed by atoms with Gasteiger partial charge in [0.1, 0.15) is 12.4 Å². The molecule has 1 N–H and O–H groups in total. The summed E-state index contributed by atoms with van der Waals surface area (Å²) in [5.74, 6) is -0.545. The van der Waals surface area contributed by atoms with Gasteiger partial charge in [-0.15, -0.1) is 13.2 Å². The number of benzene rings is 2. The van der Waals surface area contributed by atoms with Crippen LogP contribution in [-0.4, -0.2) is 37.7 Å². The quantitative estimate of drug-likeness (QED) is 0.253. The van der Waals surface area contributed by atoms with Crippen LogP contribution >= 0.6 is 0 Å². The molecule has 0 aromatic heterocycles. The maximum Gasteiger partial charge on any atom is 0.331 e. The first-order valence-corrected chi connectivity index (χ1v) is 10.7. The molecule has 2 aromatic rings. The Hall–Kier alpha value is -3.38. The second-order valence-electron chi connectivity index (χ2n) is 7.07. The lowest BCUT2D eigenvalue weighted by Crippen LogP contribution is -2.45. The van der Waals surface area contributed by atoms with Crippen LogP contribution in [0.4, 0.5) is 0 Å². The van der Waals surface area contributed by atoms with Gasteiger partial charge in [-0.25, -0.2) is 4.79 Å². The van der Waals surface area contributed by atoms with Gasteiger partial charge in [-0.3, -0.25) is 4.79 Å². The van der Waals surface area contributed by atoms with Crippen molar-refractivity contribution in [2.75, 3.05) is 19.8 Å². The van der Waals surface area contributed by atoms with E-state index in [4.69, 9.17) is 14.2 Å². The number of amides is 1. The Bertz CT molecular complexity index is 866. The minimum Gasteiger partial charge on any atom is -0.493 e. The van der Waals surface area contributed by atoms with Crippen molar-refractivity contribution in [3.8, 4) is 5.75 Å². The zero-order chi connectivity index (χ0) is 23.0. The van der Waals surface area contributed by atoms with E-state index in [1.807, 2.05) is 36.4 Å². The van der Waals surface area contributed by atoms with Gasteiger partial charge in [0.25, 0.3) is 5.91 Å². The fraction of sp³-hybridized carbons (Fsp3) is 0.308. The molecule has 1 amide bonds. The summed E-state index contributed by atoms with van der Waals surface area (Å²) in [5.41, 5.74) is 1.20. The number of esters is 1. The van der Waals surface area contributed by atoms with Gasteiger partial charge in [0.2, 0.25) is 0 Å². The van der Waals surface area contributed by atoms with Crippen LogP contribution in [0.25, 0.3) is 0 Å².